The molecular weight excluding hydrogens is 260 g/mol. The van der Waals surface area contributed by atoms with Crippen LogP contribution in [0.4, 0.5) is 0 Å². The number of hydrogen-bond acceptors (Lipinski definition) is 3. The summed E-state index contributed by atoms with van der Waals surface area (Å²) in [5.41, 5.74) is 0. The minimum Gasteiger partial charge on any atom is -0.393 e. The summed E-state index contributed by atoms with van der Waals surface area (Å²) in [7, 11) is 2.24. The highest BCUT2D eigenvalue weighted by molar-refractivity contribution is 4.88. The standard InChI is InChI=1S/C18H34N2O/c1-20-12-15(10-18(21)16-7-8-16)9-17(13-20)19-11-14-5-3-2-4-6-14/h14-19,21H,2-13H2,1H3. The number of likely N-dealkylation sites (tertiary alicyclic amines) is 1. The van der Waals surface area contributed by atoms with Crippen LogP contribution < -0.4 is 5.32 Å². The average molecular weight is 294 g/mol. The second kappa shape index (κ2) is 7.43. The maximum atomic E-state index is 10.2. The molecule has 2 aliphatic carbocycles. The van der Waals surface area contributed by atoms with E-state index < -0.39 is 0 Å². The zero-order valence-corrected chi connectivity index (χ0v) is 13.8. The Labute approximate surface area is 130 Å². The third-order valence-corrected chi connectivity index (χ3v) is 5.88. The van der Waals surface area contributed by atoms with E-state index in [1.54, 1.807) is 0 Å². The lowest BCUT2D eigenvalue weighted by Crippen LogP contribution is -2.49. The van der Waals surface area contributed by atoms with Gasteiger partial charge in [-0.1, -0.05) is 19.3 Å². The lowest BCUT2D eigenvalue weighted by Gasteiger charge is -2.38. The van der Waals surface area contributed by atoms with E-state index in [0.717, 1.165) is 12.3 Å². The van der Waals surface area contributed by atoms with Crippen molar-refractivity contribution < 1.29 is 5.11 Å². The van der Waals surface area contributed by atoms with Gasteiger partial charge in [-0.05, 0) is 69.9 Å². The highest BCUT2D eigenvalue weighted by Crippen LogP contribution is 2.36. The van der Waals surface area contributed by atoms with E-state index in [0.29, 0.717) is 17.9 Å². The Morgan fingerprint density at radius 3 is 2.52 bits per heavy atom. The minimum atomic E-state index is -0.0273. The maximum absolute atomic E-state index is 10.2. The normalized spacial score (nSPS) is 34.0. The monoisotopic (exact) mass is 294 g/mol. The van der Waals surface area contributed by atoms with E-state index in [1.807, 2.05) is 0 Å². The molecule has 1 aliphatic heterocycles. The fourth-order valence-electron chi connectivity index (χ4n) is 4.50. The molecule has 3 atom stereocenters. The quantitative estimate of drug-likeness (QED) is 0.790. The number of likely N-dealkylation sites (N-methyl/N-ethyl adjacent to an activating group) is 1. The first-order valence-electron chi connectivity index (χ1n) is 9.30. The number of piperidine rings is 1. The average Bonchev–Trinajstić information content (AvgIpc) is 3.30. The van der Waals surface area contributed by atoms with Crippen LogP contribution in [0.2, 0.25) is 0 Å². The molecule has 3 aliphatic rings. The fourth-order valence-corrected chi connectivity index (χ4v) is 4.50. The van der Waals surface area contributed by atoms with Gasteiger partial charge in [0.05, 0.1) is 6.10 Å². The highest BCUT2D eigenvalue weighted by Gasteiger charge is 2.34. The van der Waals surface area contributed by atoms with Gasteiger partial charge in [-0.25, -0.2) is 0 Å². The van der Waals surface area contributed by atoms with Crippen molar-refractivity contribution in [3.8, 4) is 0 Å². The van der Waals surface area contributed by atoms with Crippen LogP contribution in [0.15, 0.2) is 0 Å². The molecule has 21 heavy (non-hydrogen) atoms. The molecule has 1 heterocycles. The molecular formula is C18H34N2O. The Kier molecular flexibility index (Phi) is 5.58. The first kappa shape index (κ1) is 15.8. The van der Waals surface area contributed by atoms with Gasteiger partial charge in [-0.3, -0.25) is 0 Å². The molecule has 3 nitrogen and oxygen atoms in total. The Bertz CT molecular complexity index is 312. The predicted molar refractivity (Wildman–Crippen MR) is 87.3 cm³/mol. The topological polar surface area (TPSA) is 35.5 Å². The van der Waals surface area contributed by atoms with Gasteiger partial charge in [0.25, 0.3) is 0 Å². The Balaban J connectivity index is 1.41. The van der Waals surface area contributed by atoms with Crippen LogP contribution in [0.5, 0.6) is 0 Å². The summed E-state index contributed by atoms with van der Waals surface area (Å²) in [4.78, 5) is 2.46. The smallest absolute Gasteiger partial charge is 0.0571 e. The van der Waals surface area contributed by atoms with Crippen molar-refractivity contribution in [2.45, 2.75) is 69.9 Å². The van der Waals surface area contributed by atoms with Crippen LogP contribution >= 0.6 is 0 Å². The van der Waals surface area contributed by atoms with E-state index >= 15 is 0 Å². The van der Waals surface area contributed by atoms with E-state index in [1.165, 1.54) is 71.0 Å². The number of nitrogens with zero attached hydrogens (tertiary/aromatic N) is 1. The number of aliphatic hydroxyl groups excluding tert-OH is 1. The summed E-state index contributed by atoms with van der Waals surface area (Å²) in [5, 5.41) is 14.1. The molecule has 0 aromatic rings. The Hall–Kier alpha value is -0.120. The van der Waals surface area contributed by atoms with Gasteiger partial charge in [0.2, 0.25) is 0 Å². The molecule has 0 spiro atoms. The highest BCUT2D eigenvalue weighted by atomic mass is 16.3. The molecule has 0 aromatic heterocycles. The molecule has 2 N–H and O–H groups in total. The van der Waals surface area contributed by atoms with Gasteiger partial charge in [-0.15, -0.1) is 0 Å². The summed E-state index contributed by atoms with van der Waals surface area (Å²) in [6, 6.07) is 0.641. The van der Waals surface area contributed by atoms with Crippen molar-refractivity contribution in [3.63, 3.8) is 0 Å². The summed E-state index contributed by atoms with van der Waals surface area (Å²) in [5.74, 6) is 2.23. The number of nitrogens with one attached hydrogen (secondary N) is 1. The van der Waals surface area contributed by atoms with Crippen molar-refractivity contribution in [3.05, 3.63) is 0 Å². The number of aliphatic hydroxyl groups is 1. The van der Waals surface area contributed by atoms with E-state index in [-0.39, 0.29) is 6.10 Å². The molecule has 122 valence electrons. The molecule has 3 fully saturated rings. The van der Waals surface area contributed by atoms with Crippen molar-refractivity contribution in [1.82, 2.24) is 10.2 Å². The third-order valence-electron chi connectivity index (χ3n) is 5.88. The van der Waals surface area contributed by atoms with Crippen LogP contribution in [0.1, 0.15) is 57.8 Å². The SMILES string of the molecule is CN1CC(CC(O)C2CC2)CC(NCC2CCCCC2)C1. The van der Waals surface area contributed by atoms with Crippen LogP contribution in [-0.2, 0) is 0 Å². The molecule has 3 unspecified atom stereocenters. The van der Waals surface area contributed by atoms with Gasteiger partial charge in [-0.2, -0.15) is 0 Å². The van der Waals surface area contributed by atoms with Crippen LogP contribution in [-0.4, -0.2) is 48.8 Å². The van der Waals surface area contributed by atoms with Crippen molar-refractivity contribution in [2.24, 2.45) is 17.8 Å². The lowest BCUT2D eigenvalue weighted by atomic mass is 9.87. The fraction of sp³-hybridized carbons (Fsp3) is 1.00. The molecule has 0 radical (unpaired) electrons. The molecule has 1 saturated heterocycles. The molecule has 0 bridgehead atoms. The number of hydrogen-bond donors (Lipinski definition) is 2. The zero-order valence-electron chi connectivity index (χ0n) is 13.8. The second-order valence-electron chi connectivity index (χ2n) is 8.07. The van der Waals surface area contributed by atoms with Crippen LogP contribution in [0, 0.1) is 17.8 Å². The summed E-state index contributed by atoms with van der Waals surface area (Å²) >= 11 is 0. The van der Waals surface area contributed by atoms with Crippen LogP contribution in [0.3, 0.4) is 0 Å². The summed E-state index contributed by atoms with van der Waals surface area (Å²) in [6.07, 6.45) is 12.0. The van der Waals surface area contributed by atoms with Gasteiger partial charge < -0.3 is 15.3 Å². The minimum absolute atomic E-state index is 0.0273. The molecule has 3 rings (SSSR count). The van der Waals surface area contributed by atoms with Crippen molar-refractivity contribution in [2.75, 3.05) is 26.7 Å². The Morgan fingerprint density at radius 1 is 1.05 bits per heavy atom. The van der Waals surface area contributed by atoms with Crippen molar-refractivity contribution in [1.29, 1.82) is 0 Å². The Morgan fingerprint density at radius 2 is 1.81 bits per heavy atom. The number of rotatable bonds is 6. The summed E-state index contributed by atoms with van der Waals surface area (Å²) < 4.78 is 0. The van der Waals surface area contributed by atoms with Gasteiger partial charge >= 0.3 is 0 Å². The third kappa shape index (κ3) is 4.94. The van der Waals surface area contributed by atoms with E-state index in [9.17, 15) is 5.11 Å². The zero-order chi connectivity index (χ0) is 14.7. The first-order valence-corrected chi connectivity index (χ1v) is 9.30. The van der Waals surface area contributed by atoms with Crippen molar-refractivity contribution >= 4 is 0 Å². The predicted octanol–water partition coefficient (Wildman–Crippen LogP) is 2.64. The van der Waals surface area contributed by atoms with Gasteiger partial charge in [0.1, 0.15) is 0 Å². The molecule has 0 aromatic carbocycles. The largest absolute Gasteiger partial charge is 0.393 e. The molecule has 3 heteroatoms. The van der Waals surface area contributed by atoms with Crippen LogP contribution in [0.25, 0.3) is 0 Å². The summed E-state index contributed by atoms with van der Waals surface area (Å²) in [6.45, 7) is 3.57. The molecule has 0 amide bonds. The maximum Gasteiger partial charge on any atom is 0.0571 e. The van der Waals surface area contributed by atoms with E-state index in [2.05, 4.69) is 17.3 Å². The molecule has 2 saturated carbocycles. The van der Waals surface area contributed by atoms with Gasteiger partial charge in [0.15, 0.2) is 0 Å². The van der Waals surface area contributed by atoms with Gasteiger partial charge in [0, 0.05) is 19.1 Å². The first-order chi connectivity index (χ1) is 10.2. The lowest BCUT2D eigenvalue weighted by molar-refractivity contribution is 0.0828. The van der Waals surface area contributed by atoms with E-state index in [4.69, 9.17) is 0 Å². The second-order valence-corrected chi connectivity index (χ2v) is 8.07.